The maximum Gasteiger partial charge on any atom is 0.225 e. The van der Waals surface area contributed by atoms with Gasteiger partial charge in [0.15, 0.2) is 0 Å². The van der Waals surface area contributed by atoms with E-state index in [4.69, 9.17) is 5.73 Å². The largest absolute Gasteiger partial charge is 0.340 e. The number of hydrogen-bond acceptors (Lipinski definition) is 2. The molecule has 0 heterocycles. The molecule has 2 atom stereocenters. The van der Waals surface area contributed by atoms with Gasteiger partial charge in [0.05, 0.1) is 0 Å². The third-order valence-electron chi connectivity index (χ3n) is 4.45. The van der Waals surface area contributed by atoms with Crippen LogP contribution in [0.2, 0.25) is 0 Å². The van der Waals surface area contributed by atoms with Crippen molar-refractivity contribution in [2.24, 2.45) is 11.7 Å². The van der Waals surface area contributed by atoms with E-state index in [0.29, 0.717) is 11.9 Å². The van der Waals surface area contributed by atoms with Crippen molar-refractivity contribution in [3.05, 3.63) is 0 Å². The Kier molecular flexibility index (Phi) is 4.43. The molecule has 0 spiro atoms. The van der Waals surface area contributed by atoms with E-state index in [2.05, 4.69) is 11.8 Å². The van der Waals surface area contributed by atoms with Crippen LogP contribution in [-0.4, -0.2) is 29.4 Å². The minimum atomic E-state index is 0.208. The lowest BCUT2D eigenvalue weighted by Crippen LogP contribution is -2.44. The van der Waals surface area contributed by atoms with E-state index in [0.717, 1.165) is 32.2 Å². The van der Waals surface area contributed by atoms with Gasteiger partial charge in [-0.25, -0.2) is 0 Å². The van der Waals surface area contributed by atoms with Crippen LogP contribution >= 0.6 is 0 Å². The molecule has 17 heavy (non-hydrogen) atoms. The van der Waals surface area contributed by atoms with Crippen molar-refractivity contribution in [3.63, 3.8) is 0 Å². The zero-order valence-electron chi connectivity index (χ0n) is 11.0. The third kappa shape index (κ3) is 3.01. The van der Waals surface area contributed by atoms with Crippen LogP contribution in [0.4, 0.5) is 0 Å². The molecule has 2 N–H and O–H groups in total. The van der Waals surface area contributed by atoms with Crippen LogP contribution in [0, 0.1) is 5.92 Å². The molecule has 1 amide bonds. The van der Waals surface area contributed by atoms with Crippen LogP contribution in [0.15, 0.2) is 0 Å². The van der Waals surface area contributed by atoms with Crippen LogP contribution in [-0.2, 0) is 4.79 Å². The molecule has 2 saturated carbocycles. The molecular formula is C14H26N2O. The molecule has 2 unspecified atom stereocenters. The van der Waals surface area contributed by atoms with Crippen molar-refractivity contribution in [3.8, 4) is 0 Å². The highest BCUT2D eigenvalue weighted by atomic mass is 16.2. The molecule has 3 heteroatoms. The van der Waals surface area contributed by atoms with Gasteiger partial charge < -0.3 is 10.6 Å². The highest BCUT2D eigenvalue weighted by molar-refractivity contribution is 5.79. The Hall–Kier alpha value is -0.570. The van der Waals surface area contributed by atoms with E-state index in [9.17, 15) is 4.79 Å². The van der Waals surface area contributed by atoms with Crippen LogP contribution in [0.3, 0.4) is 0 Å². The van der Waals surface area contributed by atoms with Crippen LogP contribution in [0.25, 0.3) is 0 Å². The predicted molar refractivity (Wildman–Crippen MR) is 69.6 cm³/mol. The van der Waals surface area contributed by atoms with Crippen molar-refractivity contribution in [1.82, 2.24) is 4.90 Å². The first-order valence-electron chi connectivity index (χ1n) is 7.28. The number of amides is 1. The quantitative estimate of drug-likeness (QED) is 0.820. The topological polar surface area (TPSA) is 46.3 Å². The predicted octanol–water partition coefficient (Wildman–Crippen LogP) is 2.29. The molecule has 0 aliphatic heterocycles. The summed E-state index contributed by atoms with van der Waals surface area (Å²) in [4.78, 5) is 14.7. The average molecular weight is 238 g/mol. The summed E-state index contributed by atoms with van der Waals surface area (Å²) in [6, 6.07) is 0.769. The van der Waals surface area contributed by atoms with Gasteiger partial charge in [-0.1, -0.05) is 19.3 Å². The first-order chi connectivity index (χ1) is 8.22. The zero-order valence-corrected chi connectivity index (χ0v) is 11.0. The standard InChI is InChI=1S/C14H26N2O/c1-2-16(13-8-3-4-9-13)14(17)11-6-5-7-12(15)10-11/h11-13H,2-10,15H2,1H3. The molecule has 2 rings (SSSR count). The van der Waals surface area contributed by atoms with Gasteiger partial charge in [-0.05, 0) is 39.0 Å². The summed E-state index contributed by atoms with van der Waals surface area (Å²) in [5.74, 6) is 0.592. The molecule has 0 aromatic heterocycles. The first-order valence-corrected chi connectivity index (χ1v) is 7.28. The van der Waals surface area contributed by atoms with Crippen LogP contribution in [0.5, 0.6) is 0 Å². The third-order valence-corrected chi connectivity index (χ3v) is 4.45. The summed E-state index contributed by atoms with van der Waals surface area (Å²) in [6.45, 7) is 2.98. The fourth-order valence-electron chi connectivity index (χ4n) is 3.50. The van der Waals surface area contributed by atoms with Crippen molar-refractivity contribution in [1.29, 1.82) is 0 Å². The molecule has 0 saturated heterocycles. The second-order valence-corrected chi connectivity index (χ2v) is 5.69. The monoisotopic (exact) mass is 238 g/mol. The fourth-order valence-corrected chi connectivity index (χ4v) is 3.50. The highest BCUT2D eigenvalue weighted by Gasteiger charge is 2.32. The van der Waals surface area contributed by atoms with E-state index < -0.39 is 0 Å². The van der Waals surface area contributed by atoms with Gasteiger partial charge in [0, 0.05) is 24.5 Å². The van der Waals surface area contributed by atoms with E-state index >= 15 is 0 Å². The Morgan fingerprint density at radius 1 is 1.18 bits per heavy atom. The van der Waals surface area contributed by atoms with Crippen molar-refractivity contribution in [2.75, 3.05) is 6.54 Å². The minimum absolute atomic E-state index is 0.208. The van der Waals surface area contributed by atoms with Gasteiger partial charge in [0.1, 0.15) is 0 Å². The molecule has 98 valence electrons. The normalized spacial score (nSPS) is 30.5. The highest BCUT2D eigenvalue weighted by Crippen LogP contribution is 2.29. The van der Waals surface area contributed by atoms with E-state index in [1.165, 1.54) is 25.7 Å². The Labute approximate surface area is 105 Å². The lowest BCUT2D eigenvalue weighted by atomic mass is 9.85. The number of hydrogen-bond donors (Lipinski definition) is 1. The number of nitrogens with zero attached hydrogens (tertiary/aromatic N) is 1. The zero-order chi connectivity index (χ0) is 12.3. The van der Waals surface area contributed by atoms with Gasteiger partial charge in [-0.2, -0.15) is 0 Å². The summed E-state index contributed by atoms with van der Waals surface area (Å²) in [5.41, 5.74) is 5.99. The molecule has 0 radical (unpaired) electrons. The van der Waals surface area contributed by atoms with Crippen LogP contribution in [0.1, 0.15) is 58.3 Å². The number of nitrogens with two attached hydrogens (primary N) is 1. The molecule has 0 aromatic carbocycles. The lowest BCUT2D eigenvalue weighted by molar-refractivity contribution is -0.138. The van der Waals surface area contributed by atoms with Gasteiger partial charge in [-0.3, -0.25) is 4.79 Å². The fraction of sp³-hybridized carbons (Fsp3) is 0.929. The number of carbonyl (C=O) groups is 1. The van der Waals surface area contributed by atoms with E-state index in [-0.39, 0.29) is 12.0 Å². The molecule has 0 bridgehead atoms. The maximum absolute atomic E-state index is 12.5. The number of carbonyl (C=O) groups excluding carboxylic acids is 1. The minimum Gasteiger partial charge on any atom is -0.340 e. The van der Waals surface area contributed by atoms with Crippen molar-refractivity contribution < 1.29 is 4.79 Å². The van der Waals surface area contributed by atoms with Gasteiger partial charge in [0.25, 0.3) is 0 Å². The van der Waals surface area contributed by atoms with Gasteiger partial charge in [0.2, 0.25) is 5.91 Å². The summed E-state index contributed by atoms with van der Waals surface area (Å²) in [7, 11) is 0. The SMILES string of the molecule is CCN(C(=O)C1CCCC(N)C1)C1CCCC1. The summed E-state index contributed by atoms with van der Waals surface area (Å²) in [6.07, 6.45) is 9.17. The summed E-state index contributed by atoms with van der Waals surface area (Å²) < 4.78 is 0. The smallest absolute Gasteiger partial charge is 0.225 e. The lowest BCUT2D eigenvalue weighted by Gasteiger charge is -2.34. The Balaban J connectivity index is 1.95. The molecule has 2 aliphatic carbocycles. The molecule has 2 aliphatic rings. The molecule has 3 nitrogen and oxygen atoms in total. The molecule has 0 aromatic rings. The van der Waals surface area contributed by atoms with Gasteiger partial charge in [-0.15, -0.1) is 0 Å². The van der Waals surface area contributed by atoms with Crippen molar-refractivity contribution >= 4 is 5.91 Å². The second kappa shape index (κ2) is 5.85. The van der Waals surface area contributed by atoms with Crippen LogP contribution < -0.4 is 5.73 Å². The van der Waals surface area contributed by atoms with Gasteiger partial charge >= 0.3 is 0 Å². The summed E-state index contributed by atoms with van der Waals surface area (Å²) in [5, 5.41) is 0. The first kappa shape index (κ1) is 12.9. The van der Waals surface area contributed by atoms with Crippen molar-refractivity contribution in [2.45, 2.75) is 70.4 Å². The Bertz CT molecular complexity index is 261. The Morgan fingerprint density at radius 2 is 1.88 bits per heavy atom. The number of rotatable bonds is 3. The van der Waals surface area contributed by atoms with E-state index in [1.54, 1.807) is 0 Å². The molecular weight excluding hydrogens is 212 g/mol. The second-order valence-electron chi connectivity index (χ2n) is 5.69. The summed E-state index contributed by atoms with van der Waals surface area (Å²) >= 11 is 0. The van der Waals surface area contributed by atoms with E-state index in [1.807, 2.05) is 0 Å². The Morgan fingerprint density at radius 3 is 2.47 bits per heavy atom. The maximum atomic E-state index is 12.5. The molecule has 2 fully saturated rings. The average Bonchev–Trinajstić information content (AvgIpc) is 2.83.